The van der Waals surface area contributed by atoms with Crippen LogP contribution in [-0.2, 0) is 35.2 Å². The van der Waals surface area contributed by atoms with Crippen LogP contribution in [0.1, 0.15) is 46.9 Å². The molecular formula is C29H34N4O4S. The molecule has 0 spiro atoms. The second kappa shape index (κ2) is 13.7. The molecule has 3 aromatic rings. The fraction of sp³-hybridized carbons (Fsp3) is 0.379. The molecule has 0 fully saturated rings. The molecule has 38 heavy (non-hydrogen) atoms. The van der Waals surface area contributed by atoms with Crippen molar-refractivity contribution in [3.8, 4) is 5.75 Å². The Bertz CT molecular complexity index is 1240. The molecule has 0 saturated heterocycles. The maximum Gasteiger partial charge on any atom is 0.407 e. The third-order valence-electron chi connectivity index (χ3n) is 6.56. The average Bonchev–Trinajstić information content (AvgIpc) is 3.28. The highest BCUT2D eigenvalue weighted by molar-refractivity contribution is 7.16. The number of alkyl carbamates (subject to hydrolysis) is 1. The number of nitrogens with zero attached hydrogens (tertiary/aromatic N) is 1. The second-order valence-electron chi connectivity index (χ2n) is 9.23. The number of hydrogen-bond acceptors (Lipinski definition) is 7. The summed E-state index contributed by atoms with van der Waals surface area (Å²) in [6.07, 6.45) is 8.47. The Kier molecular flexibility index (Phi) is 9.86. The molecule has 1 aliphatic carbocycles. The van der Waals surface area contributed by atoms with E-state index in [9.17, 15) is 9.59 Å². The van der Waals surface area contributed by atoms with Crippen molar-refractivity contribution in [2.75, 3.05) is 25.1 Å². The molecular weight excluding hydrogens is 500 g/mol. The zero-order valence-electron chi connectivity index (χ0n) is 21.6. The van der Waals surface area contributed by atoms with Gasteiger partial charge < -0.3 is 25.5 Å². The minimum absolute atomic E-state index is 0.0826. The number of benzene rings is 1. The van der Waals surface area contributed by atoms with E-state index in [1.165, 1.54) is 17.6 Å². The smallest absolute Gasteiger partial charge is 0.407 e. The summed E-state index contributed by atoms with van der Waals surface area (Å²) in [6.45, 7) is 3.36. The van der Waals surface area contributed by atoms with Crippen molar-refractivity contribution in [3.05, 3.63) is 75.9 Å². The number of carbonyl (C=O) groups is 2. The maximum atomic E-state index is 12.8. The Morgan fingerprint density at radius 2 is 2.08 bits per heavy atom. The number of para-hydroxylation sites is 1. The summed E-state index contributed by atoms with van der Waals surface area (Å²) in [5, 5.41) is 14.5. The van der Waals surface area contributed by atoms with Crippen LogP contribution in [0.4, 0.5) is 9.80 Å². The Hall–Kier alpha value is -3.72. The van der Waals surface area contributed by atoms with Crippen LogP contribution in [-0.4, -0.2) is 43.0 Å². The second-order valence-corrected chi connectivity index (χ2v) is 10.3. The highest BCUT2D eigenvalue weighted by Crippen LogP contribution is 2.39. The van der Waals surface area contributed by atoms with E-state index in [2.05, 4.69) is 15.6 Å². The van der Waals surface area contributed by atoms with E-state index >= 15 is 0 Å². The molecule has 4 rings (SSSR count). The number of thiophene rings is 1. The summed E-state index contributed by atoms with van der Waals surface area (Å²) in [4.78, 5) is 30.1. The average molecular weight is 535 g/mol. The molecule has 2 amide bonds. The first-order chi connectivity index (χ1) is 18.6. The number of aromatic nitrogens is 1. The van der Waals surface area contributed by atoms with Gasteiger partial charge in [0.15, 0.2) is 0 Å². The van der Waals surface area contributed by atoms with Gasteiger partial charge in [-0.2, -0.15) is 0 Å². The summed E-state index contributed by atoms with van der Waals surface area (Å²) in [5.74, 6) is 0.938. The van der Waals surface area contributed by atoms with Gasteiger partial charge in [0, 0.05) is 42.0 Å². The molecule has 8 nitrogen and oxygen atoms in total. The highest BCUT2D eigenvalue weighted by Gasteiger charge is 2.26. The van der Waals surface area contributed by atoms with Crippen LogP contribution in [0.5, 0.6) is 5.75 Å². The lowest BCUT2D eigenvalue weighted by Gasteiger charge is -2.22. The normalized spacial score (nSPS) is 14.3. The van der Waals surface area contributed by atoms with Crippen molar-refractivity contribution in [3.63, 3.8) is 0 Å². The molecule has 0 radical (unpaired) electrons. The van der Waals surface area contributed by atoms with Crippen LogP contribution < -0.4 is 15.4 Å². The zero-order valence-corrected chi connectivity index (χ0v) is 22.4. The largest absolute Gasteiger partial charge is 0.494 e. The minimum atomic E-state index is -0.412. The molecule has 1 unspecified atom stereocenters. The number of rotatable bonds is 12. The van der Waals surface area contributed by atoms with Gasteiger partial charge in [0.25, 0.3) is 0 Å². The fourth-order valence-electron chi connectivity index (χ4n) is 4.61. The van der Waals surface area contributed by atoms with E-state index in [1.54, 1.807) is 12.4 Å². The lowest BCUT2D eigenvalue weighted by atomic mass is 9.88. The molecule has 1 atom stereocenters. The Balaban J connectivity index is 1.26. The molecule has 2 heterocycles. The van der Waals surface area contributed by atoms with Crippen LogP contribution in [0.2, 0.25) is 0 Å². The Morgan fingerprint density at radius 3 is 2.87 bits per heavy atom. The highest BCUT2D eigenvalue weighted by atomic mass is 32.1. The van der Waals surface area contributed by atoms with Gasteiger partial charge in [-0.05, 0) is 73.8 Å². The summed E-state index contributed by atoms with van der Waals surface area (Å²) in [5.41, 5.74) is 3.98. The lowest BCUT2D eigenvalue weighted by molar-refractivity contribution is -0.116. The molecule has 1 aliphatic rings. The summed E-state index contributed by atoms with van der Waals surface area (Å²) in [6, 6.07) is 11.6. The number of ether oxygens (including phenoxy) is 2. The molecule has 9 heteroatoms. The van der Waals surface area contributed by atoms with Crippen molar-refractivity contribution < 1.29 is 19.1 Å². The molecule has 3 N–H and O–H groups in total. The molecule has 0 aliphatic heterocycles. The standard InChI is InChI=1S/C29H34N4O4S/c1-2-36-25-8-4-3-7-22(25)10-12-27(34)33-28-24(17-30)23-11-9-21(16-26(23)38-28)19-37-29(35)32-15-13-20-6-5-14-31-18-20/h3-8,14,17-18,21,30H,2,9-13,15-16,19H2,1H3,(H,32,35)(H,33,34). The molecule has 2 aromatic heterocycles. The van der Waals surface area contributed by atoms with Crippen molar-refractivity contribution in [2.45, 2.75) is 45.4 Å². The van der Waals surface area contributed by atoms with Gasteiger partial charge in [-0.3, -0.25) is 9.78 Å². The van der Waals surface area contributed by atoms with E-state index in [0.717, 1.165) is 57.1 Å². The SMILES string of the molecule is CCOc1ccccc1CCC(=O)Nc1sc2c(c1C=N)CCC(COC(=O)NCCc1cccnc1)C2. The summed E-state index contributed by atoms with van der Waals surface area (Å²) >= 11 is 1.53. The number of fused-ring (bicyclic) bond motifs is 1. The fourth-order valence-corrected chi connectivity index (χ4v) is 5.97. The predicted octanol–water partition coefficient (Wildman–Crippen LogP) is 5.18. The van der Waals surface area contributed by atoms with Gasteiger partial charge in [-0.1, -0.05) is 24.3 Å². The quantitative estimate of drug-likeness (QED) is 0.277. The Morgan fingerprint density at radius 1 is 1.21 bits per heavy atom. The number of aryl methyl sites for hydroxylation is 1. The number of amides is 2. The van der Waals surface area contributed by atoms with Crippen molar-refractivity contribution in [1.82, 2.24) is 10.3 Å². The van der Waals surface area contributed by atoms with E-state index in [0.29, 0.717) is 39.0 Å². The molecule has 0 saturated carbocycles. The molecule has 0 bridgehead atoms. The molecule has 1 aromatic carbocycles. The summed E-state index contributed by atoms with van der Waals surface area (Å²) in [7, 11) is 0. The van der Waals surface area contributed by atoms with Crippen LogP contribution in [0, 0.1) is 11.3 Å². The van der Waals surface area contributed by atoms with Crippen LogP contribution in [0.3, 0.4) is 0 Å². The zero-order chi connectivity index (χ0) is 26.7. The molecule has 200 valence electrons. The van der Waals surface area contributed by atoms with E-state index in [1.807, 2.05) is 43.3 Å². The van der Waals surface area contributed by atoms with Crippen molar-refractivity contribution in [2.24, 2.45) is 5.92 Å². The first kappa shape index (κ1) is 27.3. The van der Waals surface area contributed by atoms with E-state index < -0.39 is 6.09 Å². The van der Waals surface area contributed by atoms with Gasteiger partial charge in [0.2, 0.25) is 5.91 Å². The van der Waals surface area contributed by atoms with Crippen LogP contribution in [0.25, 0.3) is 0 Å². The number of hydrogen-bond donors (Lipinski definition) is 3. The number of pyridine rings is 1. The van der Waals surface area contributed by atoms with Crippen molar-refractivity contribution >= 4 is 34.6 Å². The third kappa shape index (κ3) is 7.41. The van der Waals surface area contributed by atoms with Gasteiger partial charge in [0.1, 0.15) is 10.8 Å². The number of nitrogens with one attached hydrogen (secondary N) is 3. The van der Waals surface area contributed by atoms with E-state index in [-0.39, 0.29) is 11.8 Å². The van der Waals surface area contributed by atoms with Crippen LogP contribution >= 0.6 is 11.3 Å². The predicted molar refractivity (Wildman–Crippen MR) is 150 cm³/mol. The number of carbonyl (C=O) groups excluding carboxylic acids is 2. The number of anilines is 1. The first-order valence-corrected chi connectivity index (χ1v) is 13.8. The monoisotopic (exact) mass is 534 g/mol. The maximum absolute atomic E-state index is 12.8. The topological polar surface area (TPSA) is 113 Å². The lowest BCUT2D eigenvalue weighted by Crippen LogP contribution is -2.29. The van der Waals surface area contributed by atoms with Gasteiger partial charge in [-0.25, -0.2) is 4.79 Å². The van der Waals surface area contributed by atoms with Gasteiger partial charge in [-0.15, -0.1) is 11.3 Å². The Labute approximate surface area is 227 Å². The minimum Gasteiger partial charge on any atom is -0.494 e. The van der Waals surface area contributed by atoms with Crippen LogP contribution in [0.15, 0.2) is 48.8 Å². The summed E-state index contributed by atoms with van der Waals surface area (Å²) < 4.78 is 11.1. The van der Waals surface area contributed by atoms with Crippen molar-refractivity contribution in [1.29, 1.82) is 5.41 Å². The van der Waals surface area contributed by atoms with Gasteiger partial charge in [0.05, 0.1) is 13.2 Å². The van der Waals surface area contributed by atoms with Gasteiger partial charge >= 0.3 is 6.09 Å². The first-order valence-electron chi connectivity index (χ1n) is 13.0. The van der Waals surface area contributed by atoms with E-state index in [4.69, 9.17) is 14.9 Å². The third-order valence-corrected chi connectivity index (χ3v) is 7.74.